The van der Waals surface area contributed by atoms with Gasteiger partial charge in [0.1, 0.15) is 5.82 Å². The molecule has 4 nitrogen and oxygen atoms in total. The van der Waals surface area contributed by atoms with Gasteiger partial charge in [-0.05, 0) is 91.3 Å². The smallest absolute Gasteiger partial charge is 0.162 e. The highest BCUT2D eigenvalue weighted by atomic mass is 35.5. The van der Waals surface area contributed by atoms with Crippen LogP contribution in [0, 0.1) is 37.5 Å². The molecule has 0 fully saturated rings. The zero-order valence-electron chi connectivity index (χ0n) is 23.9. The summed E-state index contributed by atoms with van der Waals surface area (Å²) in [5, 5.41) is 11.9. The zero-order chi connectivity index (χ0) is 29.6. The number of aryl methyl sites for hydroxylation is 2. The Kier molecular flexibility index (Phi) is 8.05. The number of nitriles is 1. The van der Waals surface area contributed by atoms with Crippen LogP contribution in [0.4, 0.5) is 5.69 Å². The van der Waals surface area contributed by atoms with Gasteiger partial charge < -0.3 is 5.73 Å². The molecule has 5 rings (SSSR count). The molecule has 0 bridgehead atoms. The first-order valence-corrected chi connectivity index (χ1v) is 15.3. The Morgan fingerprint density at radius 2 is 1.76 bits per heavy atom. The van der Waals surface area contributed by atoms with Crippen LogP contribution in [-0.2, 0) is 10.5 Å². The number of anilines is 1. The van der Waals surface area contributed by atoms with E-state index < -0.39 is 5.92 Å². The SMILES string of the molecule is Cc1cc(CSc2ccc(Cl)cc2)c(C)c(C2C(C#N)=C(N)N(c3ccc(C)c(Cl)c3)C3=C2C(=O)CC(C)(C)C3)c1. The van der Waals surface area contributed by atoms with Gasteiger partial charge in [0.15, 0.2) is 5.78 Å². The molecule has 7 heteroatoms. The monoisotopic (exact) mass is 601 g/mol. The standard InChI is InChI=1S/C34H33Cl2N3OS/c1-19-12-22(18-41-25-10-7-23(35)8-11-25)21(3)26(13-19)31-27(17-37)33(38)39(24-9-6-20(2)28(36)14-24)29-15-34(4,5)16-30(40)32(29)31/h6-14,31H,15-16,18,38H2,1-5H3. The number of hydrogen-bond acceptors (Lipinski definition) is 5. The molecule has 0 saturated heterocycles. The van der Waals surface area contributed by atoms with Gasteiger partial charge in [-0.2, -0.15) is 5.26 Å². The molecule has 1 heterocycles. The van der Waals surface area contributed by atoms with E-state index in [9.17, 15) is 10.1 Å². The van der Waals surface area contributed by atoms with Gasteiger partial charge in [-0.3, -0.25) is 9.69 Å². The van der Waals surface area contributed by atoms with E-state index in [1.807, 2.05) is 54.3 Å². The number of hydrogen-bond donors (Lipinski definition) is 1. The topological polar surface area (TPSA) is 70.1 Å². The van der Waals surface area contributed by atoms with Crippen LogP contribution in [-0.4, -0.2) is 5.78 Å². The van der Waals surface area contributed by atoms with Crippen molar-refractivity contribution in [1.29, 1.82) is 5.26 Å². The fourth-order valence-corrected chi connectivity index (χ4v) is 7.19. The van der Waals surface area contributed by atoms with Crippen molar-refractivity contribution in [2.75, 3.05) is 4.90 Å². The second-order valence-corrected chi connectivity index (χ2v) is 13.7. The minimum atomic E-state index is -0.532. The molecule has 0 aromatic heterocycles. The van der Waals surface area contributed by atoms with Crippen molar-refractivity contribution in [2.24, 2.45) is 11.1 Å². The van der Waals surface area contributed by atoms with Gasteiger partial charge in [0.25, 0.3) is 0 Å². The van der Waals surface area contributed by atoms with Gasteiger partial charge in [-0.25, -0.2) is 0 Å². The van der Waals surface area contributed by atoms with Crippen molar-refractivity contribution >= 4 is 46.4 Å². The molecule has 3 aromatic rings. The molecule has 1 aliphatic carbocycles. The van der Waals surface area contributed by atoms with Crippen molar-refractivity contribution in [2.45, 2.75) is 64.0 Å². The molecule has 1 atom stereocenters. The molecule has 2 aliphatic rings. The lowest BCUT2D eigenvalue weighted by molar-refractivity contribution is -0.118. The fourth-order valence-electron chi connectivity index (χ4n) is 5.94. The van der Waals surface area contributed by atoms with Crippen molar-refractivity contribution in [3.05, 3.63) is 115 Å². The minimum Gasteiger partial charge on any atom is -0.384 e. The van der Waals surface area contributed by atoms with Crippen molar-refractivity contribution in [1.82, 2.24) is 0 Å². The van der Waals surface area contributed by atoms with Crippen LogP contribution in [0.2, 0.25) is 10.0 Å². The number of carbonyl (C=O) groups is 1. The number of allylic oxidation sites excluding steroid dienone is 3. The van der Waals surface area contributed by atoms with Gasteiger partial charge in [-0.1, -0.05) is 60.8 Å². The lowest BCUT2D eigenvalue weighted by Gasteiger charge is -2.44. The number of carbonyl (C=O) groups excluding carboxylic acids is 1. The molecular weight excluding hydrogens is 569 g/mol. The van der Waals surface area contributed by atoms with Crippen molar-refractivity contribution in [3.8, 4) is 6.07 Å². The number of benzene rings is 3. The Morgan fingerprint density at radius 1 is 1.05 bits per heavy atom. The van der Waals surface area contributed by atoms with E-state index in [0.29, 0.717) is 39.9 Å². The summed E-state index contributed by atoms with van der Waals surface area (Å²) in [5.41, 5.74) is 14.5. The summed E-state index contributed by atoms with van der Waals surface area (Å²) < 4.78 is 0. The molecule has 0 spiro atoms. The van der Waals surface area contributed by atoms with Crippen LogP contribution in [0.1, 0.15) is 60.4 Å². The van der Waals surface area contributed by atoms with Crippen LogP contribution < -0.4 is 10.6 Å². The van der Waals surface area contributed by atoms with Crippen LogP contribution in [0.5, 0.6) is 0 Å². The average molecular weight is 603 g/mol. The quantitative estimate of drug-likeness (QED) is 0.295. The van der Waals surface area contributed by atoms with Gasteiger partial charge in [0.05, 0.1) is 17.6 Å². The maximum absolute atomic E-state index is 14.0. The van der Waals surface area contributed by atoms with E-state index in [0.717, 1.165) is 49.9 Å². The van der Waals surface area contributed by atoms with Gasteiger partial charge >= 0.3 is 0 Å². The molecule has 3 aromatic carbocycles. The van der Waals surface area contributed by atoms with Crippen LogP contribution in [0.3, 0.4) is 0 Å². The lowest BCUT2D eigenvalue weighted by atomic mass is 9.68. The van der Waals surface area contributed by atoms with Crippen molar-refractivity contribution in [3.63, 3.8) is 0 Å². The summed E-state index contributed by atoms with van der Waals surface area (Å²) in [6.07, 6.45) is 1.06. The number of halogens is 2. The average Bonchev–Trinajstić information content (AvgIpc) is 2.90. The first-order chi connectivity index (χ1) is 19.4. The summed E-state index contributed by atoms with van der Waals surface area (Å²) in [7, 11) is 0. The van der Waals surface area contributed by atoms with Crippen molar-refractivity contribution < 1.29 is 4.79 Å². The van der Waals surface area contributed by atoms with E-state index in [2.05, 4.69) is 45.9 Å². The third kappa shape index (κ3) is 5.66. The molecular formula is C34H33Cl2N3OS. The van der Waals surface area contributed by atoms with Gasteiger partial charge in [0.2, 0.25) is 0 Å². The predicted octanol–water partition coefficient (Wildman–Crippen LogP) is 9.15. The molecule has 0 radical (unpaired) electrons. The first kappa shape index (κ1) is 29.3. The highest BCUT2D eigenvalue weighted by Crippen LogP contribution is 2.51. The maximum atomic E-state index is 14.0. The molecule has 2 N–H and O–H groups in total. The normalized spacial score (nSPS) is 18.4. The third-order valence-corrected chi connectivity index (χ3v) is 9.73. The molecule has 41 heavy (non-hydrogen) atoms. The number of rotatable bonds is 5. The summed E-state index contributed by atoms with van der Waals surface area (Å²) in [6, 6.07) is 20.3. The van der Waals surface area contributed by atoms with Gasteiger partial charge in [0, 0.05) is 44.1 Å². The number of Topliss-reactive ketones (excluding diaryl/α,β-unsaturated/α-hetero) is 1. The molecule has 0 saturated carbocycles. The second kappa shape index (κ2) is 11.2. The second-order valence-electron chi connectivity index (χ2n) is 11.8. The maximum Gasteiger partial charge on any atom is 0.162 e. The zero-order valence-corrected chi connectivity index (χ0v) is 26.3. The molecule has 210 valence electrons. The highest BCUT2D eigenvalue weighted by molar-refractivity contribution is 7.98. The molecule has 0 amide bonds. The number of ketones is 1. The van der Waals surface area contributed by atoms with E-state index >= 15 is 0 Å². The van der Waals surface area contributed by atoms with Crippen LogP contribution >= 0.6 is 35.0 Å². The number of nitrogens with two attached hydrogens (primary N) is 1. The van der Waals surface area contributed by atoms with Gasteiger partial charge in [-0.15, -0.1) is 11.8 Å². The Bertz CT molecular complexity index is 1660. The predicted molar refractivity (Wildman–Crippen MR) is 170 cm³/mol. The minimum absolute atomic E-state index is 0.0581. The lowest BCUT2D eigenvalue weighted by Crippen LogP contribution is -2.42. The highest BCUT2D eigenvalue weighted by Gasteiger charge is 2.45. The molecule has 1 unspecified atom stereocenters. The van der Waals surface area contributed by atoms with E-state index in [1.165, 1.54) is 0 Å². The largest absolute Gasteiger partial charge is 0.384 e. The summed E-state index contributed by atoms with van der Waals surface area (Å²) in [6.45, 7) is 10.3. The Labute approximate surface area is 256 Å². The fraction of sp³-hybridized carbons (Fsp3) is 0.294. The van der Waals surface area contributed by atoms with E-state index in [-0.39, 0.29) is 11.2 Å². The van der Waals surface area contributed by atoms with E-state index in [4.69, 9.17) is 28.9 Å². The summed E-state index contributed by atoms with van der Waals surface area (Å²) in [4.78, 5) is 17.0. The van der Waals surface area contributed by atoms with Crippen LogP contribution in [0.25, 0.3) is 0 Å². The summed E-state index contributed by atoms with van der Waals surface area (Å²) >= 11 is 14.3. The summed E-state index contributed by atoms with van der Waals surface area (Å²) in [5.74, 6) is 0.619. The first-order valence-electron chi connectivity index (χ1n) is 13.6. The Morgan fingerprint density at radius 3 is 2.41 bits per heavy atom. The molecule has 1 aliphatic heterocycles. The Balaban J connectivity index is 1.67. The third-order valence-electron chi connectivity index (χ3n) is 8.01. The Hall–Kier alpha value is -3.17. The number of thioether (sulfide) groups is 1. The number of nitrogens with zero attached hydrogens (tertiary/aromatic N) is 2. The van der Waals surface area contributed by atoms with E-state index in [1.54, 1.807) is 11.8 Å². The van der Waals surface area contributed by atoms with Crippen LogP contribution in [0.15, 0.2) is 82.2 Å².